The molecule has 6 nitrogen and oxygen atoms in total. The third-order valence-electron chi connectivity index (χ3n) is 3.06. The number of hydrogen-bond donors (Lipinski definition) is 3. The molecular weight excluding hydrogens is 365 g/mol. The summed E-state index contributed by atoms with van der Waals surface area (Å²) >= 11 is 11.9. The van der Waals surface area contributed by atoms with E-state index in [9.17, 15) is 9.59 Å². The van der Waals surface area contributed by atoms with Crippen molar-refractivity contribution in [2.75, 3.05) is 10.6 Å². The van der Waals surface area contributed by atoms with Gasteiger partial charge in [-0.3, -0.25) is 4.79 Å². The molecule has 0 saturated heterocycles. The van der Waals surface area contributed by atoms with Gasteiger partial charge in [0.2, 0.25) is 0 Å². The van der Waals surface area contributed by atoms with Crippen LogP contribution in [-0.4, -0.2) is 17.0 Å². The van der Waals surface area contributed by atoms with Gasteiger partial charge in [-0.2, -0.15) is 5.26 Å². The molecule has 0 aromatic heterocycles. The molecule has 8 heteroatoms. The molecule has 3 N–H and O–H groups in total. The number of carbonyl (C=O) groups excluding carboxylic acids is 1. The van der Waals surface area contributed by atoms with Gasteiger partial charge < -0.3 is 15.7 Å². The number of carbonyl (C=O) groups is 2. The number of nitriles is 1. The zero-order chi connectivity index (χ0) is 18.4. The van der Waals surface area contributed by atoms with Crippen LogP contribution in [0, 0.1) is 11.3 Å². The summed E-state index contributed by atoms with van der Waals surface area (Å²) in [5, 5.41) is 23.7. The molecule has 0 bridgehead atoms. The summed E-state index contributed by atoms with van der Waals surface area (Å²) in [6, 6.07) is 12.4. The SMILES string of the molecule is N#C/C(=C/Nc1cccc(C(=O)O)c1)C(=O)Nc1cccc(Cl)c1Cl. The number of aromatic carboxylic acids is 1. The van der Waals surface area contributed by atoms with Crippen molar-refractivity contribution in [3.63, 3.8) is 0 Å². The lowest BCUT2D eigenvalue weighted by molar-refractivity contribution is -0.112. The van der Waals surface area contributed by atoms with E-state index in [-0.39, 0.29) is 26.9 Å². The molecule has 126 valence electrons. The quantitative estimate of drug-likeness (QED) is 0.538. The molecule has 0 fully saturated rings. The maximum atomic E-state index is 12.2. The molecule has 0 radical (unpaired) electrons. The van der Waals surface area contributed by atoms with Gasteiger partial charge in [0.25, 0.3) is 5.91 Å². The van der Waals surface area contributed by atoms with Crippen molar-refractivity contribution in [3.05, 3.63) is 69.8 Å². The fourth-order valence-corrected chi connectivity index (χ4v) is 2.18. The van der Waals surface area contributed by atoms with Crippen molar-refractivity contribution in [2.24, 2.45) is 0 Å². The highest BCUT2D eigenvalue weighted by molar-refractivity contribution is 6.44. The Bertz CT molecular complexity index is 904. The molecule has 0 aliphatic heterocycles. The van der Waals surface area contributed by atoms with Crippen molar-refractivity contribution in [2.45, 2.75) is 0 Å². The van der Waals surface area contributed by atoms with Gasteiger partial charge in [-0.15, -0.1) is 0 Å². The molecular formula is C17H11Cl2N3O3. The van der Waals surface area contributed by atoms with Crippen LogP contribution in [0.25, 0.3) is 0 Å². The lowest BCUT2D eigenvalue weighted by atomic mass is 10.2. The van der Waals surface area contributed by atoms with Crippen molar-refractivity contribution in [1.82, 2.24) is 0 Å². The normalized spacial score (nSPS) is 10.7. The standard InChI is InChI=1S/C17H11Cl2N3O3/c18-13-5-2-6-14(15(13)19)22-16(23)11(8-20)9-21-12-4-1-3-10(7-12)17(24)25/h1-7,9,21H,(H,22,23)(H,24,25)/b11-9-. The highest BCUT2D eigenvalue weighted by Crippen LogP contribution is 2.29. The molecule has 0 aliphatic rings. The Hall–Kier alpha value is -3.01. The first-order chi connectivity index (χ1) is 11.9. The molecule has 0 unspecified atom stereocenters. The zero-order valence-electron chi connectivity index (χ0n) is 12.6. The fourth-order valence-electron chi connectivity index (χ4n) is 1.84. The number of benzene rings is 2. The van der Waals surface area contributed by atoms with E-state index in [0.717, 1.165) is 0 Å². The number of amides is 1. The van der Waals surface area contributed by atoms with E-state index in [1.807, 2.05) is 0 Å². The number of carboxylic acids is 1. The van der Waals surface area contributed by atoms with Crippen LogP contribution in [0.2, 0.25) is 10.0 Å². The maximum absolute atomic E-state index is 12.2. The van der Waals surface area contributed by atoms with Crippen molar-refractivity contribution < 1.29 is 14.7 Å². The van der Waals surface area contributed by atoms with Gasteiger partial charge in [-0.1, -0.05) is 35.3 Å². The number of nitrogens with one attached hydrogen (secondary N) is 2. The highest BCUT2D eigenvalue weighted by Gasteiger charge is 2.12. The average molecular weight is 376 g/mol. The molecule has 2 rings (SSSR count). The monoisotopic (exact) mass is 375 g/mol. The molecule has 2 aromatic rings. The smallest absolute Gasteiger partial charge is 0.335 e. The van der Waals surface area contributed by atoms with Crippen LogP contribution in [0.4, 0.5) is 11.4 Å². The second kappa shape index (κ2) is 8.20. The van der Waals surface area contributed by atoms with Crippen LogP contribution in [0.3, 0.4) is 0 Å². The van der Waals surface area contributed by atoms with Gasteiger partial charge in [-0.25, -0.2) is 4.79 Å². The van der Waals surface area contributed by atoms with Gasteiger partial charge in [-0.05, 0) is 30.3 Å². The van der Waals surface area contributed by atoms with Crippen LogP contribution in [0.5, 0.6) is 0 Å². The fraction of sp³-hybridized carbons (Fsp3) is 0. The second-order valence-electron chi connectivity index (χ2n) is 4.76. The minimum atomic E-state index is -1.08. The summed E-state index contributed by atoms with van der Waals surface area (Å²) in [6.45, 7) is 0. The Morgan fingerprint density at radius 1 is 1.16 bits per heavy atom. The Morgan fingerprint density at radius 2 is 1.88 bits per heavy atom. The summed E-state index contributed by atoms with van der Waals surface area (Å²) in [6.07, 6.45) is 1.18. The number of hydrogen-bond acceptors (Lipinski definition) is 4. The Balaban J connectivity index is 2.16. The Labute approximate surface area is 153 Å². The van der Waals surface area contributed by atoms with Crippen LogP contribution in [0.1, 0.15) is 10.4 Å². The number of halogens is 2. The van der Waals surface area contributed by atoms with E-state index in [1.165, 1.54) is 24.4 Å². The van der Waals surface area contributed by atoms with Gasteiger partial charge in [0, 0.05) is 11.9 Å². The predicted octanol–water partition coefficient (Wildman–Crippen LogP) is 4.15. The molecule has 0 spiro atoms. The minimum Gasteiger partial charge on any atom is -0.478 e. The topological polar surface area (TPSA) is 102 Å². The van der Waals surface area contributed by atoms with Crippen LogP contribution in [0.15, 0.2) is 54.2 Å². The zero-order valence-corrected chi connectivity index (χ0v) is 14.1. The van der Waals surface area contributed by atoms with E-state index in [1.54, 1.807) is 30.3 Å². The highest BCUT2D eigenvalue weighted by atomic mass is 35.5. The number of anilines is 2. The Morgan fingerprint density at radius 3 is 2.56 bits per heavy atom. The third-order valence-corrected chi connectivity index (χ3v) is 3.88. The van der Waals surface area contributed by atoms with Gasteiger partial charge in [0.15, 0.2) is 0 Å². The predicted molar refractivity (Wildman–Crippen MR) is 95.8 cm³/mol. The first-order valence-corrected chi connectivity index (χ1v) is 7.63. The second-order valence-corrected chi connectivity index (χ2v) is 5.54. The summed E-state index contributed by atoms with van der Waals surface area (Å²) in [5.41, 5.74) is 0.540. The van der Waals surface area contributed by atoms with Crippen molar-refractivity contribution >= 4 is 46.5 Å². The van der Waals surface area contributed by atoms with E-state index >= 15 is 0 Å². The van der Waals surface area contributed by atoms with Crippen LogP contribution >= 0.6 is 23.2 Å². The third kappa shape index (κ3) is 4.73. The first kappa shape index (κ1) is 18.3. The molecule has 0 aliphatic carbocycles. The Kier molecular flexibility index (Phi) is 6.01. The van der Waals surface area contributed by atoms with Crippen LogP contribution in [-0.2, 0) is 4.79 Å². The van der Waals surface area contributed by atoms with Crippen molar-refractivity contribution in [3.8, 4) is 6.07 Å². The summed E-state index contributed by atoms with van der Waals surface area (Å²) in [4.78, 5) is 23.1. The van der Waals surface area contributed by atoms with Gasteiger partial charge in [0.1, 0.15) is 11.6 Å². The van der Waals surface area contributed by atoms with E-state index in [0.29, 0.717) is 5.69 Å². The van der Waals surface area contributed by atoms with Gasteiger partial charge in [0.05, 0.1) is 21.3 Å². The van der Waals surface area contributed by atoms with Crippen LogP contribution < -0.4 is 10.6 Å². The van der Waals surface area contributed by atoms with Crippen molar-refractivity contribution in [1.29, 1.82) is 5.26 Å². The average Bonchev–Trinajstić information content (AvgIpc) is 2.59. The molecule has 2 aromatic carbocycles. The van der Waals surface area contributed by atoms with E-state index in [2.05, 4.69) is 10.6 Å². The molecule has 0 atom stereocenters. The number of nitrogens with zero attached hydrogens (tertiary/aromatic N) is 1. The van der Waals surface area contributed by atoms with Gasteiger partial charge >= 0.3 is 5.97 Å². The van der Waals surface area contributed by atoms with E-state index in [4.69, 9.17) is 33.6 Å². The number of carboxylic acid groups (broad SMARTS) is 1. The maximum Gasteiger partial charge on any atom is 0.335 e. The van der Waals surface area contributed by atoms with E-state index < -0.39 is 11.9 Å². The summed E-state index contributed by atoms with van der Waals surface area (Å²) in [5.74, 6) is -1.77. The lowest BCUT2D eigenvalue weighted by Crippen LogP contribution is -2.15. The minimum absolute atomic E-state index is 0.0760. The molecule has 0 saturated carbocycles. The summed E-state index contributed by atoms with van der Waals surface area (Å²) < 4.78 is 0. The molecule has 1 amide bonds. The molecule has 25 heavy (non-hydrogen) atoms. The first-order valence-electron chi connectivity index (χ1n) is 6.88. The largest absolute Gasteiger partial charge is 0.478 e. The lowest BCUT2D eigenvalue weighted by Gasteiger charge is -2.08. The summed E-state index contributed by atoms with van der Waals surface area (Å²) in [7, 11) is 0. The number of rotatable bonds is 5. The molecule has 0 heterocycles.